The Kier molecular flexibility index (Phi) is 6.83. The standard InChI is InChI=1S/C55H43N/c1-55(2)50-18-10-8-17-44(50)45-27-25-38(33-51(45)55)56(52-19-11-9-14-41(52)34-12-4-3-5-13-34)37-23-20-35(21-24-37)39-28-29-40(43-16-7-6-15-42(39)43)36-22-26-46-49(32-36)54-47-30-31-48(54)53(46)47/h3-29,32-33,47-48,53-54H,30-31H2,1-2H3. The van der Waals surface area contributed by atoms with Crippen molar-refractivity contribution in [1.29, 1.82) is 0 Å². The Morgan fingerprint density at radius 2 is 0.964 bits per heavy atom. The third-order valence-corrected chi connectivity index (χ3v) is 14.2. The molecular weight excluding hydrogens is 675 g/mol. The van der Waals surface area contributed by atoms with Gasteiger partial charge in [0.05, 0.1) is 5.69 Å². The second-order valence-corrected chi connectivity index (χ2v) is 17.2. The average Bonchev–Trinajstić information content (AvgIpc) is 4.07. The van der Waals surface area contributed by atoms with Gasteiger partial charge in [0, 0.05) is 22.4 Å². The van der Waals surface area contributed by atoms with Gasteiger partial charge in [-0.05, 0) is 139 Å². The van der Waals surface area contributed by atoms with E-state index in [2.05, 4.69) is 195 Å². The minimum Gasteiger partial charge on any atom is -0.310 e. The Hall–Kier alpha value is -6.18. The zero-order chi connectivity index (χ0) is 37.1. The van der Waals surface area contributed by atoms with Crippen LogP contribution in [0, 0.1) is 11.8 Å². The molecule has 8 aromatic carbocycles. The summed E-state index contributed by atoms with van der Waals surface area (Å²) in [6.07, 6.45) is 2.86. The van der Waals surface area contributed by atoms with Crippen molar-refractivity contribution in [1.82, 2.24) is 0 Å². The number of hydrogen-bond acceptors (Lipinski definition) is 1. The van der Waals surface area contributed by atoms with E-state index in [1.54, 1.807) is 11.1 Å². The summed E-state index contributed by atoms with van der Waals surface area (Å²) in [5.74, 6) is 3.50. The first-order valence-electron chi connectivity index (χ1n) is 20.5. The first kappa shape index (κ1) is 32.1. The zero-order valence-electron chi connectivity index (χ0n) is 31.9. The van der Waals surface area contributed by atoms with Crippen molar-refractivity contribution in [3.63, 3.8) is 0 Å². The van der Waals surface area contributed by atoms with Crippen LogP contribution in [0.5, 0.6) is 0 Å². The SMILES string of the molecule is CC1(C)c2ccccc2-c2ccc(N(c3ccc(-c4ccc(-c5ccc6c(c5)C5C7CCC5C67)c5ccccc45)cc3)c3ccccc3-c3ccccc3)cc21. The molecule has 0 heterocycles. The lowest BCUT2D eigenvalue weighted by Crippen LogP contribution is -2.26. The first-order valence-corrected chi connectivity index (χ1v) is 20.5. The topological polar surface area (TPSA) is 3.24 Å². The third kappa shape index (κ3) is 4.49. The van der Waals surface area contributed by atoms with Crippen molar-refractivity contribution in [3.8, 4) is 44.5 Å². The number of para-hydroxylation sites is 1. The van der Waals surface area contributed by atoms with E-state index in [0.29, 0.717) is 0 Å². The van der Waals surface area contributed by atoms with Crippen LogP contribution in [0.4, 0.5) is 17.1 Å². The van der Waals surface area contributed by atoms with Gasteiger partial charge in [-0.3, -0.25) is 0 Å². The van der Waals surface area contributed by atoms with Crippen LogP contribution in [0.3, 0.4) is 0 Å². The Labute approximate surface area is 329 Å². The summed E-state index contributed by atoms with van der Waals surface area (Å²) >= 11 is 0. The van der Waals surface area contributed by atoms with Crippen LogP contribution in [0.1, 0.15) is 60.8 Å². The van der Waals surface area contributed by atoms with Crippen LogP contribution < -0.4 is 4.90 Å². The van der Waals surface area contributed by atoms with Crippen LogP contribution in [0.15, 0.2) is 176 Å². The molecule has 0 amide bonds. The number of benzene rings is 8. The monoisotopic (exact) mass is 717 g/mol. The lowest BCUT2D eigenvalue weighted by molar-refractivity contribution is 0.225. The van der Waals surface area contributed by atoms with Crippen molar-refractivity contribution in [2.75, 3.05) is 4.90 Å². The fourth-order valence-electron chi connectivity index (χ4n) is 11.7. The number of anilines is 3. The third-order valence-electron chi connectivity index (χ3n) is 14.2. The molecule has 1 heteroatoms. The van der Waals surface area contributed by atoms with Crippen molar-refractivity contribution >= 4 is 27.8 Å². The highest BCUT2D eigenvalue weighted by Crippen LogP contribution is 2.73. The van der Waals surface area contributed by atoms with E-state index in [1.165, 1.54) is 79.2 Å². The van der Waals surface area contributed by atoms with Gasteiger partial charge in [0.2, 0.25) is 0 Å². The summed E-state index contributed by atoms with van der Waals surface area (Å²) in [5.41, 5.74) is 19.7. The minimum absolute atomic E-state index is 0.0939. The highest BCUT2D eigenvalue weighted by molar-refractivity contribution is 6.05. The van der Waals surface area contributed by atoms with E-state index in [-0.39, 0.29) is 5.41 Å². The summed E-state index contributed by atoms with van der Waals surface area (Å²) in [6, 6.07) is 66.0. The van der Waals surface area contributed by atoms with Gasteiger partial charge in [-0.2, -0.15) is 0 Å². The van der Waals surface area contributed by atoms with Crippen LogP contribution in [0.2, 0.25) is 0 Å². The lowest BCUT2D eigenvalue weighted by Gasteiger charge is -2.35. The second kappa shape index (κ2) is 11.9. The molecular formula is C55H43N. The molecule has 0 aromatic heterocycles. The molecule has 8 aromatic rings. The highest BCUT2D eigenvalue weighted by atomic mass is 15.1. The van der Waals surface area contributed by atoms with Crippen LogP contribution in [-0.2, 0) is 5.41 Å². The fraction of sp³-hybridized carbons (Fsp3) is 0.164. The van der Waals surface area contributed by atoms with Crippen molar-refractivity contribution in [2.45, 2.75) is 43.9 Å². The summed E-state index contributed by atoms with van der Waals surface area (Å²) < 4.78 is 0. The molecule has 0 saturated heterocycles. The molecule has 268 valence electrons. The van der Waals surface area contributed by atoms with Gasteiger partial charge in [0.15, 0.2) is 0 Å². The van der Waals surface area contributed by atoms with E-state index in [4.69, 9.17) is 0 Å². The summed E-state index contributed by atoms with van der Waals surface area (Å²) in [4.78, 5) is 2.46. The molecule has 0 spiro atoms. The normalized spacial score (nSPS) is 20.3. The van der Waals surface area contributed by atoms with Gasteiger partial charge in [-0.1, -0.05) is 159 Å². The van der Waals surface area contributed by atoms with Gasteiger partial charge in [-0.15, -0.1) is 0 Å². The molecule has 0 radical (unpaired) electrons. The Morgan fingerprint density at radius 1 is 0.411 bits per heavy atom. The Morgan fingerprint density at radius 3 is 1.73 bits per heavy atom. The van der Waals surface area contributed by atoms with Crippen molar-refractivity contribution < 1.29 is 0 Å². The maximum atomic E-state index is 2.55. The van der Waals surface area contributed by atoms with Crippen LogP contribution >= 0.6 is 0 Å². The molecule has 2 unspecified atom stereocenters. The predicted octanol–water partition coefficient (Wildman–Crippen LogP) is 14.8. The molecule has 3 fully saturated rings. The van der Waals surface area contributed by atoms with Crippen LogP contribution in [0.25, 0.3) is 55.3 Å². The highest BCUT2D eigenvalue weighted by Gasteiger charge is 2.62. The molecule has 3 saturated carbocycles. The first-order chi connectivity index (χ1) is 27.5. The molecule has 56 heavy (non-hydrogen) atoms. The molecule has 4 bridgehead atoms. The zero-order valence-corrected chi connectivity index (χ0v) is 31.9. The fourth-order valence-corrected chi connectivity index (χ4v) is 11.7. The average molecular weight is 718 g/mol. The summed E-state index contributed by atoms with van der Waals surface area (Å²) in [7, 11) is 0. The van der Waals surface area contributed by atoms with Gasteiger partial charge in [0.1, 0.15) is 0 Å². The number of hydrogen-bond donors (Lipinski definition) is 0. The van der Waals surface area contributed by atoms with Gasteiger partial charge in [-0.25, -0.2) is 0 Å². The van der Waals surface area contributed by atoms with E-state index >= 15 is 0 Å². The number of rotatable bonds is 6. The second-order valence-electron chi connectivity index (χ2n) is 17.2. The molecule has 1 nitrogen and oxygen atoms in total. The van der Waals surface area contributed by atoms with Crippen LogP contribution in [-0.4, -0.2) is 0 Å². The number of nitrogens with zero attached hydrogens (tertiary/aromatic N) is 1. The molecule has 0 N–H and O–H groups in total. The summed E-state index contributed by atoms with van der Waals surface area (Å²) in [5, 5.41) is 2.62. The van der Waals surface area contributed by atoms with Crippen molar-refractivity contribution in [2.24, 2.45) is 11.8 Å². The van der Waals surface area contributed by atoms with E-state index in [9.17, 15) is 0 Å². The number of fused-ring (bicyclic) bond motifs is 5. The van der Waals surface area contributed by atoms with E-state index < -0.39 is 0 Å². The molecule has 6 aliphatic rings. The molecule has 2 atom stereocenters. The maximum absolute atomic E-state index is 2.55. The van der Waals surface area contributed by atoms with Crippen molar-refractivity contribution in [3.05, 3.63) is 198 Å². The predicted molar refractivity (Wildman–Crippen MR) is 234 cm³/mol. The quantitative estimate of drug-likeness (QED) is 0.166. The van der Waals surface area contributed by atoms with E-state index in [0.717, 1.165) is 40.7 Å². The molecule has 0 aliphatic heterocycles. The van der Waals surface area contributed by atoms with E-state index in [1.807, 2.05) is 0 Å². The lowest BCUT2D eigenvalue weighted by atomic mass is 9.68. The molecule has 6 aliphatic carbocycles. The Balaban J connectivity index is 0.964. The Bertz CT molecular complexity index is 2850. The minimum atomic E-state index is -0.0939. The van der Waals surface area contributed by atoms with Gasteiger partial charge >= 0.3 is 0 Å². The van der Waals surface area contributed by atoms with Gasteiger partial charge < -0.3 is 4.90 Å². The molecule has 14 rings (SSSR count). The largest absolute Gasteiger partial charge is 0.310 e. The summed E-state index contributed by atoms with van der Waals surface area (Å²) in [6.45, 7) is 4.73. The smallest absolute Gasteiger partial charge is 0.0540 e. The van der Waals surface area contributed by atoms with Gasteiger partial charge in [0.25, 0.3) is 0 Å². The maximum Gasteiger partial charge on any atom is 0.0540 e.